The van der Waals surface area contributed by atoms with Crippen LogP contribution in [0.1, 0.15) is 85.9 Å². The van der Waals surface area contributed by atoms with Crippen molar-refractivity contribution in [1.82, 2.24) is 0 Å². The third-order valence-electron chi connectivity index (χ3n) is 9.70. The van der Waals surface area contributed by atoms with Crippen LogP contribution in [0.4, 0.5) is 0 Å². The highest BCUT2D eigenvalue weighted by atomic mass is 16.4. The van der Waals surface area contributed by atoms with E-state index in [1.54, 1.807) is 48.5 Å². The summed E-state index contributed by atoms with van der Waals surface area (Å²) in [5.74, 6) is 21.2. The zero-order valence-electron chi connectivity index (χ0n) is 31.1. The summed E-state index contributed by atoms with van der Waals surface area (Å²) in [6.07, 6.45) is 0. The Morgan fingerprint density at radius 3 is 0.750 bits per heavy atom. The lowest BCUT2D eigenvalue weighted by molar-refractivity contribution is 0.0686. The van der Waals surface area contributed by atoms with Crippen molar-refractivity contribution >= 4 is 56.2 Å². The van der Waals surface area contributed by atoms with E-state index in [1.807, 2.05) is 36.4 Å². The van der Waals surface area contributed by atoms with Gasteiger partial charge in [-0.2, -0.15) is 0 Å². The molecule has 0 heterocycles. The quantitative estimate of drug-likeness (QED) is 0.102. The molecule has 0 saturated heterocycles. The normalized spacial score (nSPS) is 10.3. The molecule has 0 amide bonds. The standard InChI is InChI=1S/C52H26O8/c53-49(54)39-9-1-5-31(25-39)13-17-35-29-36(18-14-32-6-2-10-40(26-32)50(55)56)44-23-24-46-38(20-16-34-8-4-12-42(28-34)52(59)60)30-37(45-22-21-43(35)47(44)48(45)46)19-15-33-7-3-11-41(27-33)51(57)58/h1-12,21-30H,(H,53,54)(H,55,56)(H,57,58)(H,59,60). The van der Waals surface area contributed by atoms with Gasteiger partial charge in [0.2, 0.25) is 0 Å². The zero-order valence-corrected chi connectivity index (χ0v) is 31.1. The van der Waals surface area contributed by atoms with Crippen LogP contribution in [0.5, 0.6) is 0 Å². The van der Waals surface area contributed by atoms with Crippen molar-refractivity contribution in [2.75, 3.05) is 0 Å². The molecule has 8 nitrogen and oxygen atoms in total. The third kappa shape index (κ3) is 7.68. The molecule has 8 rings (SSSR count). The summed E-state index contributed by atoms with van der Waals surface area (Å²) in [6.45, 7) is 0. The topological polar surface area (TPSA) is 149 Å². The molecular formula is C52H26O8. The maximum Gasteiger partial charge on any atom is 0.335 e. The smallest absolute Gasteiger partial charge is 0.335 e. The average molecular weight is 779 g/mol. The van der Waals surface area contributed by atoms with Gasteiger partial charge in [-0.05, 0) is 117 Å². The van der Waals surface area contributed by atoms with Crippen LogP contribution in [0, 0.1) is 47.4 Å². The van der Waals surface area contributed by atoms with Gasteiger partial charge in [0, 0.05) is 44.5 Å². The van der Waals surface area contributed by atoms with Gasteiger partial charge < -0.3 is 20.4 Å². The van der Waals surface area contributed by atoms with Gasteiger partial charge in [-0.25, -0.2) is 19.2 Å². The Morgan fingerprint density at radius 1 is 0.300 bits per heavy atom. The average Bonchev–Trinajstić information content (AvgIpc) is 3.26. The van der Waals surface area contributed by atoms with E-state index in [9.17, 15) is 39.6 Å². The van der Waals surface area contributed by atoms with E-state index in [0.717, 1.165) is 32.3 Å². The number of rotatable bonds is 4. The van der Waals surface area contributed by atoms with E-state index in [1.165, 1.54) is 48.5 Å². The number of hydrogen-bond acceptors (Lipinski definition) is 4. The van der Waals surface area contributed by atoms with Crippen molar-refractivity contribution in [3.8, 4) is 47.4 Å². The first-order valence-corrected chi connectivity index (χ1v) is 18.2. The second-order valence-electron chi connectivity index (χ2n) is 13.6. The molecule has 8 heteroatoms. The molecule has 0 aliphatic rings. The van der Waals surface area contributed by atoms with Crippen molar-refractivity contribution in [3.05, 3.63) is 200 Å². The van der Waals surface area contributed by atoms with Crippen LogP contribution in [-0.4, -0.2) is 44.3 Å². The van der Waals surface area contributed by atoms with Crippen LogP contribution in [0.15, 0.2) is 133 Å². The minimum atomic E-state index is -1.08. The predicted molar refractivity (Wildman–Crippen MR) is 228 cm³/mol. The Balaban J connectivity index is 1.42. The van der Waals surface area contributed by atoms with Gasteiger partial charge in [-0.1, -0.05) is 95.9 Å². The summed E-state index contributed by atoms with van der Waals surface area (Å²) < 4.78 is 0. The molecule has 0 unspecified atom stereocenters. The minimum absolute atomic E-state index is 0.0963. The van der Waals surface area contributed by atoms with Crippen molar-refractivity contribution in [3.63, 3.8) is 0 Å². The number of benzene rings is 8. The lowest BCUT2D eigenvalue weighted by atomic mass is 9.86. The van der Waals surface area contributed by atoms with Crippen molar-refractivity contribution in [2.45, 2.75) is 0 Å². The molecule has 0 saturated carbocycles. The molecule has 0 aromatic heterocycles. The summed E-state index contributed by atoms with van der Waals surface area (Å²) in [6, 6.07) is 36.8. The molecule has 0 radical (unpaired) electrons. The van der Waals surface area contributed by atoms with Crippen LogP contribution >= 0.6 is 0 Å². The fraction of sp³-hybridized carbons (Fsp3) is 0. The minimum Gasteiger partial charge on any atom is -0.478 e. The number of aromatic carboxylic acids is 4. The molecule has 0 aliphatic heterocycles. The molecule has 282 valence electrons. The van der Waals surface area contributed by atoms with E-state index in [-0.39, 0.29) is 22.3 Å². The first-order chi connectivity index (χ1) is 29.0. The predicted octanol–water partition coefficient (Wildman–Crippen LogP) is 8.98. The lowest BCUT2D eigenvalue weighted by Gasteiger charge is -2.16. The summed E-state index contributed by atoms with van der Waals surface area (Å²) >= 11 is 0. The summed E-state index contributed by atoms with van der Waals surface area (Å²) in [4.78, 5) is 46.9. The Labute approximate surface area is 342 Å². The highest BCUT2D eigenvalue weighted by Gasteiger charge is 2.18. The van der Waals surface area contributed by atoms with E-state index in [0.29, 0.717) is 44.5 Å². The molecule has 0 aliphatic carbocycles. The second-order valence-corrected chi connectivity index (χ2v) is 13.6. The van der Waals surface area contributed by atoms with Gasteiger partial charge in [0.15, 0.2) is 0 Å². The highest BCUT2D eigenvalue weighted by Crippen LogP contribution is 2.40. The largest absolute Gasteiger partial charge is 0.478 e. The van der Waals surface area contributed by atoms with Crippen LogP contribution in [0.2, 0.25) is 0 Å². The fourth-order valence-corrected chi connectivity index (χ4v) is 6.88. The maximum absolute atomic E-state index is 11.7. The molecule has 0 bridgehead atoms. The molecular weight excluding hydrogens is 753 g/mol. The summed E-state index contributed by atoms with van der Waals surface area (Å²) in [5, 5.41) is 43.0. The number of carboxylic acid groups (broad SMARTS) is 4. The zero-order chi connectivity index (χ0) is 41.9. The third-order valence-corrected chi connectivity index (χ3v) is 9.70. The van der Waals surface area contributed by atoms with Crippen molar-refractivity contribution < 1.29 is 39.6 Å². The summed E-state index contributed by atoms with van der Waals surface area (Å²) in [7, 11) is 0. The van der Waals surface area contributed by atoms with E-state index in [2.05, 4.69) is 47.4 Å². The molecule has 8 aromatic rings. The maximum atomic E-state index is 11.7. The second kappa shape index (κ2) is 15.8. The molecule has 0 spiro atoms. The Bertz CT molecular complexity index is 2970. The van der Waals surface area contributed by atoms with Crippen LogP contribution < -0.4 is 0 Å². The van der Waals surface area contributed by atoms with Crippen molar-refractivity contribution in [1.29, 1.82) is 0 Å². The van der Waals surface area contributed by atoms with E-state index in [4.69, 9.17) is 0 Å². The van der Waals surface area contributed by atoms with Crippen LogP contribution in [0.25, 0.3) is 32.3 Å². The van der Waals surface area contributed by atoms with Gasteiger partial charge in [-0.15, -0.1) is 0 Å². The molecule has 60 heavy (non-hydrogen) atoms. The monoisotopic (exact) mass is 778 g/mol. The molecule has 4 N–H and O–H groups in total. The molecule has 8 aromatic carbocycles. The highest BCUT2D eigenvalue weighted by molar-refractivity contribution is 6.27. The van der Waals surface area contributed by atoms with Gasteiger partial charge >= 0.3 is 23.9 Å². The Kier molecular flexibility index (Phi) is 9.97. The SMILES string of the molecule is O=C(O)c1cccc(C#Cc2cc(C#Cc3cccc(C(=O)O)c3)c3ccc4c(C#Cc5cccc(C(=O)O)c5)cc(C#Cc5cccc(C(=O)O)c5)c5ccc2c3c54)c1. The first-order valence-electron chi connectivity index (χ1n) is 18.2. The Hall–Kier alpha value is -9.08. The van der Waals surface area contributed by atoms with Crippen LogP contribution in [-0.2, 0) is 0 Å². The molecule has 0 atom stereocenters. The fourth-order valence-electron chi connectivity index (χ4n) is 6.88. The molecule has 0 fully saturated rings. The first kappa shape index (κ1) is 37.8. The summed E-state index contributed by atoms with van der Waals surface area (Å²) in [5.41, 5.74) is 4.75. The Morgan fingerprint density at radius 2 is 0.533 bits per heavy atom. The number of hydrogen-bond donors (Lipinski definition) is 4. The van der Waals surface area contributed by atoms with Gasteiger partial charge in [0.1, 0.15) is 0 Å². The number of carbonyl (C=O) groups is 4. The van der Waals surface area contributed by atoms with E-state index >= 15 is 0 Å². The van der Waals surface area contributed by atoms with E-state index < -0.39 is 23.9 Å². The van der Waals surface area contributed by atoms with Crippen molar-refractivity contribution in [2.24, 2.45) is 0 Å². The van der Waals surface area contributed by atoms with Crippen LogP contribution in [0.3, 0.4) is 0 Å². The lowest BCUT2D eigenvalue weighted by Crippen LogP contribution is -1.96. The van der Waals surface area contributed by atoms with Gasteiger partial charge in [-0.3, -0.25) is 0 Å². The van der Waals surface area contributed by atoms with Gasteiger partial charge in [0.05, 0.1) is 22.3 Å². The number of carboxylic acids is 4. The van der Waals surface area contributed by atoms with Gasteiger partial charge in [0.25, 0.3) is 0 Å².